The topological polar surface area (TPSA) is 68.1 Å². The van der Waals surface area contributed by atoms with Crippen molar-refractivity contribution < 1.29 is 9.53 Å². The minimum Gasteiger partial charge on any atom is -0.496 e. The van der Waals surface area contributed by atoms with Gasteiger partial charge in [-0.3, -0.25) is 4.79 Å². The van der Waals surface area contributed by atoms with E-state index < -0.39 is 5.91 Å². The number of nitrogens with two attached hydrogens (primary N) is 1. The number of fused-ring (bicyclic) bond motifs is 1. The molecule has 3 N–H and O–H groups in total. The second-order valence-electron chi connectivity index (χ2n) is 3.10. The van der Waals surface area contributed by atoms with Gasteiger partial charge in [0.15, 0.2) is 0 Å². The Hall–Kier alpha value is -1.49. The third kappa shape index (κ3) is 1.59. The number of benzene rings is 1. The molecule has 4 nitrogen and oxygen atoms in total. The van der Waals surface area contributed by atoms with Gasteiger partial charge in [-0.05, 0) is 28.1 Å². The number of aromatic nitrogens is 1. The number of primary amides is 1. The molecule has 2 rings (SSSR count). The van der Waals surface area contributed by atoms with Crippen LogP contribution in [0.5, 0.6) is 5.75 Å². The minimum absolute atomic E-state index is 0.453. The Morgan fingerprint density at radius 2 is 2.27 bits per heavy atom. The van der Waals surface area contributed by atoms with Crippen LogP contribution in [0.1, 0.15) is 10.4 Å². The lowest BCUT2D eigenvalue weighted by Crippen LogP contribution is -2.09. The Labute approximate surface area is 94.5 Å². The van der Waals surface area contributed by atoms with Gasteiger partial charge in [0, 0.05) is 17.1 Å². The van der Waals surface area contributed by atoms with Crippen LogP contribution >= 0.6 is 15.9 Å². The number of nitrogens with one attached hydrogen (secondary N) is 1. The number of aromatic amines is 1. The van der Waals surface area contributed by atoms with Crippen LogP contribution in [0.4, 0.5) is 0 Å². The summed E-state index contributed by atoms with van der Waals surface area (Å²) < 4.78 is 5.97. The van der Waals surface area contributed by atoms with E-state index in [0.717, 1.165) is 15.4 Å². The number of ether oxygens (including phenoxy) is 1. The van der Waals surface area contributed by atoms with Crippen molar-refractivity contribution in [3.63, 3.8) is 0 Å². The van der Waals surface area contributed by atoms with E-state index in [2.05, 4.69) is 20.9 Å². The number of amides is 1. The van der Waals surface area contributed by atoms with Crippen molar-refractivity contribution in [2.45, 2.75) is 0 Å². The highest BCUT2D eigenvalue weighted by Gasteiger charge is 2.11. The molecule has 78 valence electrons. The zero-order valence-corrected chi connectivity index (χ0v) is 9.59. The zero-order chi connectivity index (χ0) is 11.0. The fraction of sp³-hybridized carbons (Fsp3) is 0.100. The van der Waals surface area contributed by atoms with Gasteiger partial charge >= 0.3 is 0 Å². The number of H-pyrrole nitrogens is 1. The van der Waals surface area contributed by atoms with Crippen LogP contribution in [0.3, 0.4) is 0 Å². The largest absolute Gasteiger partial charge is 0.496 e. The molecular weight excluding hydrogens is 260 g/mol. The van der Waals surface area contributed by atoms with Gasteiger partial charge in [0.05, 0.1) is 17.1 Å². The van der Waals surface area contributed by atoms with E-state index in [1.165, 1.54) is 0 Å². The number of halogens is 1. The first-order valence-corrected chi connectivity index (χ1v) is 5.07. The van der Waals surface area contributed by atoms with Gasteiger partial charge in [-0.25, -0.2) is 0 Å². The van der Waals surface area contributed by atoms with Gasteiger partial charge in [0.2, 0.25) is 0 Å². The first-order valence-electron chi connectivity index (χ1n) is 4.28. The van der Waals surface area contributed by atoms with Gasteiger partial charge in [-0.1, -0.05) is 0 Å². The van der Waals surface area contributed by atoms with E-state index in [0.29, 0.717) is 11.3 Å². The molecule has 0 unspecified atom stereocenters. The molecule has 0 aliphatic rings. The van der Waals surface area contributed by atoms with Crippen LogP contribution in [0.2, 0.25) is 0 Å². The van der Waals surface area contributed by atoms with Crippen molar-refractivity contribution >= 4 is 32.7 Å². The molecule has 0 spiro atoms. The Kier molecular flexibility index (Phi) is 2.40. The van der Waals surface area contributed by atoms with Gasteiger partial charge in [0.1, 0.15) is 5.75 Å². The quantitative estimate of drug-likeness (QED) is 0.875. The summed E-state index contributed by atoms with van der Waals surface area (Å²) in [7, 11) is 1.57. The number of carbonyl (C=O) groups is 1. The average Bonchev–Trinajstić information content (AvgIpc) is 2.59. The summed E-state index contributed by atoms with van der Waals surface area (Å²) in [6.07, 6.45) is 1.60. The summed E-state index contributed by atoms with van der Waals surface area (Å²) >= 11 is 3.36. The molecule has 0 radical (unpaired) electrons. The Balaban J connectivity index is 2.74. The number of methoxy groups -OCH3 is 1. The molecule has 0 aliphatic heterocycles. The van der Waals surface area contributed by atoms with Gasteiger partial charge < -0.3 is 15.5 Å². The molecule has 1 aromatic carbocycles. The number of hydrogen-bond donors (Lipinski definition) is 2. The lowest BCUT2D eigenvalue weighted by atomic mass is 10.1. The Morgan fingerprint density at radius 1 is 1.53 bits per heavy atom. The first kappa shape index (κ1) is 10.0. The fourth-order valence-electron chi connectivity index (χ4n) is 1.48. The molecule has 0 bridgehead atoms. The van der Waals surface area contributed by atoms with Crippen molar-refractivity contribution in [1.29, 1.82) is 0 Å². The number of rotatable bonds is 2. The first-order chi connectivity index (χ1) is 7.13. The maximum atomic E-state index is 11.1. The molecule has 1 aromatic heterocycles. The maximum absolute atomic E-state index is 11.1. The number of hydrogen-bond acceptors (Lipinski definition) is 2. The zero-order valence-electron chi connectivity index (χ0n) is 8.00. The lowest BCUT2D eigenvalue weighted by Gasteiger charge is -2.03. The summed E-state index contributed by atoms with van der Waals surface area (Å²) in [4.78, 5) is 14.1. The highest BCUT2D eigenvalue weighted by Crippen LogP contribution is 2.31. The smallest absolute Gasteiger partial charge is 0.250 e. The molecule has 5 heteroatoms. The van der Waals surface area contributed by atoms with Crippen LogP contribution in [-0.2, 0) is 0 Å². The van der Waals surface area contributed by atoms with Crippen molar-refractivity contribution in [3.8, 4) is 5.75 Å². The second kappa shape index (κ2) is 3.58. The molecule has 0 saturated carbocycles. The van der Waals surface area contributed by atoms with Crippen LogP contribution in [0.15, 0.2) is 22.8 Å². The molecule has 0 saturated heterocycles. The highest BCUT2D eigenvalue weighted by atomic mass is 79.9. The predicted octanol–water partition coefficient (Wildman–Crippen LogP) is 2.04. The molecule has 0 atom stereocenters. The molecule has 0 aliphatic carbocycles. The van der Waals surface area contributed by atoms with Gasteiger partial charge in [-0.15, -0.1) is 0 Å². The van der Waals surface area contributed by atoms with E-state index in [1.807, 2.05) is 6.07 Å². The molecule has 15 heavy (non-hydrogen) atoms. The van der Waals surface area contributed by atoms with Crippen LogP contribution in [-0.4, -0.2) is 18.0 Å². The summed E-state index contributed by atoms with van der Waals surface area (Å²) in [5.74, 6) is 0.218. The molecular formula is C10H9BrN2O2. The Morgan fingerprint density at radius 3 is 2.87 bits per heavy atom. The van der Waals surface area contributed by atoms with Crippen LogP contribution in [0.25, 0.3) is 10.9 Å². The predicted molar refractivity (Wildman–Crippen MR) is 61.1 cm³/mol. The van der Waals surface area contributed by atoms with Crippen molar-refractivity contribution in [1.82, 2.24) is 4.98 Å². The number of carbonyl (C=O) groups excluding carboxylic acids is 1. The van der Waals surface area contributed by atoms with Crippen LogP contribution in [0, 0.1) is 0 Å². The monoisotopic (exact) mass is 268 g/mol. The minimum atomic E-state index is -0.453. The van der Waals surface area contributed by atoms with E-state index in [4.69, 9.17) is 10.5 Å². The maximum Gasteiger partial charge on any atom is 0.250 e. The summed E-state index contributed by atoms with van der Waals surface area (Å²) in [6, 6.07) is 3.62. The summed E-state index contributed by atoms with van der Waals surface area (Å²) in [5, 5.41) is 0.766. The highest BCUT2D eigenvalue weighted by molar-refractivity contribution is 9.10. The van der Waals surface area contributed by atoms with E-state index in [9.17, 15) is 4.79 Å². The summed E-state index contributed by atoms with van der Waals surface area (Å²) in [5.41, 5.74) is 6.55. The Bertz CT molecular complexity index is 533. The van der Waals surface area contributed by atoms with Crippen LogP contribution < -0.4 is 10.5 Å². The van der Waals surface area contributed by atoms with E-state index >= 15 is 0 Å². The van der Waals surface area contributed by atoms with Crippen molar-refractivity contribution in [3.05, 3.63) is 28.4 Å². The molecule has 1 heterocycles. The molecule has 1 amide bonds. The van der Waals surface area contributed by atoms with Crippen molar-refractivity contribution in [2.75, 3.05) is 7.11 Å². The van der Waals surface area contributed by atoms with E-state index in [-0.39, 0.29) is 0 Å². The van der Waals surface area contributed by atoms with Gasteiger partial charge in [0.25, 0.3) is 5.91 Å². The average molecular weight is 269 g/mol. The SMILES string of the molecule is COc1cc2c(C(N)=O)c[nH]c2cc1Br. The van der Waals surface area contributed by atoms with Crippen molar-refractivity contribution in [2.24, 2.45) is 5.73 Å². The fourth-order valence-corrected chi connectivity index (χ4v) is 1.99. The third-order valence-electron chi connectivity index (χ3n) is 2.22. The second-order valence-corrected chi connectivity index (χ2v) is 3.95. The van der Waals surface area contributed by atoms with Gasteiger partial charge in [-0.2, -0.15) is 0 Å². The van der Waals surface area contributed by atoms with E-state index in [1.54, 1.807) is 19.4 Å². The third-order valence-corrected chi connectivity index (χ3v) is 2.84. The molecule has 2 aromatic rings. The molecule has 0 fully saturated rings. The standard InChI is InChI=1S/C10H9BrN2O2/c1-15-9-2-5-6(10(12)14)4-13-8(5)3-7(9)11/h2-4,13H,1H3,(H2,12,14). The summed E-state index contributed by atoms with van der Waals surface area (Å²) in [6.45, 7) is 0. The normalized spacial score (nSPS) is 10.5. The lowest BCUT2D eigenvalue weighted by molar-refractivity contribution is 0.100.